The molecule has 0 aliphatic carbocycles. The van der Waals surface area contributed by atoms with Crippen LogP contribution >= 0.6 is 11.8 Å². The quantitative estimate of drug-likeness (QED) is 0.679. The lowest BCUT2D eigenvalue weighted by molar-refractivity contribution is 0.0956. The van der Waals surface area contributed by atoms with Gasteiger partial charge in [-0.05, 0) is 36.2 Å². The third-order valence-electron chi connectivity index (χ3n) is 4.06. The van der Waals surface area contributed by atoms with Crippen LogP contribution in [0, 0.1) is 12.7 Å². The predicted octanol–water partition coefficient (Wildman–Crippen LogP) is 3.19. The van der Waals surface area contributed by atoms with E-state index in [0.717, 1.165) is 16.1 Å². The fourth-order valence-electron chi connectivity index (χ4n) is 2.40. The third-order valence-corrected chi connectivity index (χ3v) is 6.25. The highest BCUT2D eigenvalue weighted by atomic mass is 32.2. The van der Waals surface area contributed by atoms with Crippen molar-refractivity contribution in [3.63, 3.8) is 0 Å². The molecule has 2 aromatic carbocycles. The van der Waals surface area contributed by atoms with E-state index < -0.39 is 10.0 Å². The van der Waals surface area contributed by atoms with Crippen LogP contribution in [-0.4, -0.2) is 39.9 Å². The number of carbonyl (C=O) groups excluding carboxylic acids is 1. The minimum absolute atomic E-state index is 0.226. The predicted molar refractivity (Wildman–Crippen MR) is 109 cm³/mol. The molecule has 0 spiro atoms. The van der Waals surface area contributed by atoms with E-state index in [1.165, 1.54) is 24.9 Å². The van der Waals surface area contributed by atoms with Crippen molar-refractivity contribution in [1.29, 1.82) is 0 Å². The minimum Gasteiger partial charge on any atom is -0.351 e. The molecule has 146 valence electrons. The molecule has 8 heteroatoms. The van der Waals surface area contributed by atoms with Crippen LogP contribution in [0.1, 0.15) is 21.5 Å². The van der Waals surface area contributed by atoms with Crippen LogP contribution in [0.4, 0.5) is 10.1 Å². The van der Waals surface area contributed by atoms with Crippen molar-refractivity contribution < 1.29 is 17.6 Å². The second-order valence-corrected chi connectivity index (χ2v) is 9.25. The van der Waals surface area contributed by atoms with E-state index in [0.29, 0.717) is 34.9 Å². The summed E-state index contributed by atoms with van der Waals surface area (Å²) < 4.78 is 38.2. The van der Waals surface area contributed by atoms with E-state index in [4.69, 9.17) is 0 Å². The Morgan fingerprint density at radius 2 is 1.93 bits per heavy atom. The lowest BCUT2D eigenvalue weighted by Gasteiger charge is -2.19. The highest BCUT2D eigenvalue weighted by Gasteiger charge is 2.16. The molecule has 0 aliphatic rings. The van der Waals surface area contributed by atoms with E-state index in [1.54, 1.807) is 43.3 Å². The molecule has 0 atom stereocenters. The van der Waals surface area contributed by atoms with E-state index in [-0.39, 0.29) is 11.7 Å². The zero-order chi connectivity index (χ0) is 20.0. The van der Waals surface area contributed by atoms with Crippen LogP contribution in [0.5, 0.6) is 0 Å². The van der Waals surface area contributed by atoms with Crippen molar-refractivity contribution in [1.82, 2.24) is 5.32 Å². The number of aryl methyl sites for hydroxylation is 1. The summed E-state index contributed by atoms with van der Waals surface area (Å²) in [7, 11) is -1.95. The number of anilines is 1. The van der Waals surface area contributed by atoms with Crippen LogP contribution in [0.15, 0.2) is 42.5 Å². The molecule has 0 aliphatic heterocycles. The summed E-state index contributed by atoms with van der Waals surface area (Å²) >= 11 is 1.53. The third kappa shape index (κ3) is 5.97. The number of nitrogens with one attached hydrogen (secondary N) is 1. The number of rotatable bonds is 8. The Bertz CT molecular complexity index is 917. The van der Waals surface area contributed by atoms with Gasteiger partial charge in [-0.15, -0.1) is 0 Å². The maximum atomic E-state index is 13.5. The first-order chi connectivity index (χ1) is 12.7. The average molecular weight is 411 g/mol. The molecule has 0 heterocycles. The first kappa shape index (κ1) is 21.2. The molecule has 2 rings (SSSR count). The number of sulfonamides is 1. The molecular formula is C19H23FN2O3S2. The highest BCUT2D eigenvalue weighted by Crippen LogP contribution is 2.22. The van der Waals surface area contributed by atoms with Gasteiger partial charge in [0.1, 0.15) is 5.82 Å². The summed E-state index contributed by atoms with van der Waals surface area (Å²) in [5.74, 6) is 0.680. The van der Waals surface area contributed by atoms with Crippen molar-refractivity contribution in [3.8, 4) is 0 Å². The van der Waals surface area contributed by atoms with Gasteiger partial charge in [0.15, 0.2) is 0 Å². The van der Waals surface area contributed by atoms with Crippen LogP contribution in [0.25, 0.3) is 0 Å². The van der Waals surface area contributed by atoms with Crippen molar-refractivity contribution in [3.05, 3.63) is 65.0 Å². The van der Waals surface area contributed by atoms with E-state index in [2.05, 4.69) is 5.32 Å². The summed E-state index contributed by atoms with van der Waals surface area (Å²) in [6, 6.07) is 11.6. The Kier molecular flexibility index (Phi) is 7.26. The largest absolute Gasteiger partial charge is 0.351 e. The summed E-state index contributed by atoms with van der Waals surface area (Å²) in [6.45, 7) is 2.22. The van der Waals surface area contributed by atoms with Crippen molar-refractivity contribution in [2.75, 3.05) is 29.9 Å². The zero-order valence-corrected chi connectivity index (χ0v) is 17.2. The van der Waals surface area contributed by atoms with Gasteiger partial charge in [0.05, 0.1) is 11.9 Å². The first-order valence-corrected chi connectivity index (χ1v) is 11.3. The van der Waals surface area contributed by atoms with Crippen LogP contribution < -0.4 is 9.62 Å². The molecule has 1 N–H and O–H groups in total. The lowest BCUT2D eigenvalue weighted by atomic mass is 10.1. The second kappa shape index (κ2) is 9.23. The Labute approximate surface area is 164 Å². The first-order valence-electron chi connectivity index (χ1n) is 8.34. The van der Waals surface area contributed by atoms with E-state index in [1.807, 2.05) is 0 Å². The van der Waals surface area contributed by atoms with Gasteiger partial charge in [0.2, 0.25) is 10.0 Å². The molecule has 0 radical (unpaired) electrons. The number of nitrogens with zero attached hydrogens (tertiary/aromatic N) is 1. The monoisotopic (exact) mass is 410 g/mol. The van der Waals surface area contributed by atoms with Gasteiger partial charge in [0, 0.05) is 30.7 Å². The summed E-state index contributed by atoms with van der Waals surface area (Å²) in [6.07, 6.45) is 1.12. The van der Waals surface area contributed by atoms with Crippen molar-refractivity contribution in [2.45, 2.75) is 12.7 Å². The number of halogens is 1. The minimum atomic E-state index is -3.41. The average Bonchev–Trinajstić information content (AvgIpc) is 2.61. The molecule has 27 heavy (non-hydrogen) atoms. The fourth-order valence-corrected chi connectivity index (χ4v) is 3.80. The molecule has 0 bridgehead atoms. The number of hydrogen-bond acceptors (Lipinski definition) is 4. The van der Waals surface area contributed by atoms with Crippen molar-refractivity contribution >= 4 is 33.4 Å². The van der Waals surface area contributed by atoms with Gasteiger partial charge in [-0.3, -0.25) is 9.10 Å². The molecule has 0 saturated heterocycles. The lowest BCUT2D eigenvalue weighted by Crippen LogP contribution is -2.28. The summed E-state index contributed by atoms with van der Waals surface area (Å²) in [5.41, 5.74) is 2.27. The molecule has 0 unspecified atom stereocenters. The van der Waals surface area contributed by atoms with Gasteiger partial charge in [-0.2, -0.15) is 11.8 Å². The maximum Gasteiger partial charge on any atom is 0.251 e. The molecule has 1 amide bonds. The van der Waals surface area contributed by atoms with E-state index >= 15 is 0 Å². The highest BCUT2D eigenvalue weighted by molar-refractivity contribution is 7.98. The number of carbonyl (C=O) groups is 1. The van der Waals surface area contributed by atoms with Gasteiger partial charge in [-0.25, -0.2) is 12.8 Å². The molecular weight excluding hydrogens is 387 g/mol. The zero-order valence-electron chi connectivity index (χ0n) is 15.5. The van der Waals surface area contributed by atoms with Crippen LogP contribution in [0.2, 0.25) is 0 Å². The Hall–Kier alpha value is -2.06. The van der Waals surface area contributed by atoms with Gasteiger partial charge in [0.25, 0.3) is 5.91 Å². The van der Waals surface area contributed by atoms with Crippen LogP contribution in [0.3, 0.4) is 0 Å². The molecule has 2 aromatic rings. The Morgan fingerprint density at radius 3 is 2.59 bits per heavy atom. The van der Waals surface area contributed by atoms with Crippen molar-refractivity contribution in [2.24, 2.45) is 0 Å². The standard InChI is InChI=1S/C19H23FN2O3S2/c1-14-8-9-15(12-18(14)22(2)27(3,24)25)19(23)21-10-11-26-13-16-6-4-5-7-17(16)20/h4-9,12H,10-11,13H2,1-3H3,(H,21,23). The Morgan fingerprint density at radius 1 is 1.22 bits per heavy atom. The smallest absolute Gasteiger partial charge is 0.251 e. The molecule has 0 aromatic heterocycles. The number of thioether (sulfide) groups is 1. The fraction of sp³-hybridized carbons (Fsp3) is 0.316. The summed E-state index contributed by atoms with van der Waals surface area (Å²) in [5, 5.41) is 2.80. The molecule has 0 saturated carbocycles. The van der Waals surface area contributed by atoms with Gasteiger partial charge >= 0.3 is 0 Å². The SMILES string of the molecule is Cc1ccc(C(=O)NCCSCc2ccccc2F)cc1N(C)S(C)(=O)=O. The molecule has 0 fully saturated rings. The summed E-state index contributed by atoms with van der Waals surface area (Å²) in [4.78, 5) is 12.3. The number of amides is 1. The normalized spacial score (nSPS) is 11.3. The maximum absolute atomic E-state index is 13.5. The van der Waals surface area contributed by atoms with Gasteiger partial charge < -0.3 is 5.32 Å². The van der Waals surface area contributed by atoms with Gasteiger partial charge in [-0.1, -0.05) is 24.3 Å². The van der Waals surface area contributed by atoms with Crippen LogP contribution in [-0.2, 0) is 15.8 Å². The number of benzene rings is 2. The second-order valence-electron chi connectivity index (χ2n) is 6.13. The van der Waals surface area contributed by atoms with E-state index in [9.17, 15) is 17.6 Å². The topological polar surface area (TPSA) is 66.5 Å². The molecule has 5 nitrogen and oxygen atoms in total. The Balaban J connectivity index is 1.90. The number of hydrogen-bond donors (Lipinski definition) is 1.